The van der Waals surface area contributed by atoms with Crippen LogP contribution in [0.1, 0.15) is 6.92 Å². The molecule has 0 unspecified atom stereocenters. The van der Waals surface area contributed by atoms with Gasteiger partial charge in [0.2, 0.25) is 10.0 Å². The summed E-state index contributed by atoms with van der Waals surface area (Å²) in [6, 6.07) is 8.71. The van der Waals surface area contributed by atoms with E-state index in [1.165, 1.54) is 0 Å². The number of nitrogens with one attached hydrogen (secondary N) is 1. The van der Waals surface area contributed by atoms with Crippen LogP contribution in [0.2, 0.25) is 0 Å². The van der Waals surface area contributed by atoms with Crippen LogP contribution in [0.25, 0.3) is 10.9 Å². The molecular formula is C13H16N2O3S. The van der Waals surface area contributed by atoms with Crippen molar-refractivity contribution in [2.45, 2.75) is 11.8 Å². The molecule has 1 aromatic carbocycles. The van der Waals surface area contributed by atoms with Crippen LogP contribution in [0.5, 0.6) is 0 Å². The van der Waals surface area contributed by atoms with Crippen molar-refractivity contribution in [3.63, 3.8) is 0 Å². The Kier molecular flexibility index (Phi) is 4.47. The molecule has 0 atom stereocenters. The molecule has 0 amide bonds. The van der Waals surface area contributed by atoms with E-state index in [-0.39, 0.29) is 11.4 Å². The van der Waals surface area contributed by atoms with E-state index in [0.29, 0.717) is 18.7 Å². The summed E-state index contributed by atoms with van der Waals surface area (Å²) in [5.74, 6) is 0. The molecule has 0 saturated carbocycles. The highest BCUT2D eigenvalue weighted by Gasteiger charge is 2.17. The molecule has 0 aliphatic rings. The zero-order chi connectivity index (χ0) is 13.7. The molecule has 0 aliphatic heterocycles. The molecule has 5 nitrogen and oxygen atoms in total. The van der Waals surface area contributed by atoms with Gasteiger partial charge in [-0.2, -0.15) is 0 Å². The zero-order valence-electron chi connectivity index (χ0n) is 10.7. The van der Waals surface area contributed by atoms with Crippen molar-refractivity contribution in [1.29, 1.82) is 0 Å². The van der Waals surface area contributed by atoms with Crippen LogP contribution in [-0.4, -0.2) is 33.2 Å². The Balaban J connectivity index is 2.28. The normalized spacial score (nSPS) is 11.8. The number of aromatic nitrogens is 1. The lowest BCUT2D eigenvalue weighted by atomic mass is 10.2. The van der Waals surface area contributed by atoms with Gasteiger partial charge < -0.3 is 4.74 Å². The van der Waals surface area contributed by atoms with Crippen LogP contribution in [-0.2, 0) is 14.8 Å². The zero-order valence-corrected chi connectivity index (χ0v) is 11.5. The summed E-state index contributed by atoms with van der Waals surface area (Å²) in [7, 11) is -3.56. The standard InChI is InChI=1S/C13H16N2O3S/c1-2-18-10-9-15-19(16,17)12-7-3-5-11-6-4-8-14-13(11)12/h3-8,15H,2,9-10H2,1H3. The highest BCUT2D eigenvalue weighted by Crippen LogP contribution is 2.20. The second-order valence-corrected chi connectivity index (χ2v) is 5.66. The van der Waals surface area contributed by atoms with Crippen LogP contribution in [0, 0.1) is 0 Å². The topological polar surface area (TPSA) is 68.3 Å². The fourth-order valence-corrected chi connectivity index (χ4v) is 2.95. The van der Waals surface area contributed by atoms with Gasteiger partial charge in [-0.15, -0.1) is 0 Å². The minimum Gasteiger partial charge on any atom is -0.380 e. The minimum absolute atomic E-state index is 0.196. The van der Waals surface area contributed by atoms with E-state index in [2.05, 4.69) is 9.71 Å². The Morgan fingerprint density at radius 3 is 2.84 bits per heavy atom. The van der Waals surface area contributed by atoms with Gasteiger partial charge in [-0.3, -0.25) is 4.98 Å². The Morgan fingerprint density at radius 1 is 1.26 bits per heavy atom. The van der Waals surface area contributed by atoms with Gasteiger partial charge >= 0.3 is 0 Å². The van der Waals surface area contributed by atoms with Crippen LogP contribution in [0.4, 0.5) is 0 Å². The van der Waals surface area contributed by atoms with Crippen LogP contribution in [0.3, 0.4) is 0 Å². The Morgan fingerprint density at radius 2 is 2.05 bits per heavy atom. The van der Waals surface area contributed by atoms with Crippen molar-refractivity contribution in [3.8, 4) is 0 Å². The van der Waals surface area contributed by atoms with Crippen molar-refractivity contribution in [2.75, 3.05) is 19.8 Å². The molecule has 2 rings (SSSR count). The Labute approximate surface area is 112 Å². The Hall–Kier alpha value is -1.50. The number of pyridine rings is 1. The molecule has 0 spiro atoms. The van der Waals surface area contributed by atoms with Gasteiger partial charge in [-0.1, -0.05) is 18.2 Å². The summed E-state index contributed by atoms with van der Waals surface area (Å²) in [5.41, 5.74) is 0.480. The largest absolute Gasteiger partial charge is 0.380 e. The molecule has 0 fully saturated rings. The first-order chi connectivity index (χ1) is 9.15. The molecule has 1 heterocycles. The summed E-state index contributed by atoms with van der Waals surface area (Å²) in [4.78, 5) is 4.34. The van der Waals surface area contributed by atoms with Crippen LogP contribution < -0.4 is 4.72 Å². The van der Waals surface area contributed by atoms with Gasteiger partial charge in [-0.05, 0) is 19.1 Å². The summed E-state index contributed by atoms with van der Waals surface area (Å²) in [6.45, 7) is 3.04. The molecular weight excluding hydrogens is 264 g/mol. The van der Waals surface area contributed by atoms with Gasteiger partial charge in [0.25, 0.3) is 0 Å². The highest BCUT2D eigenvalue weighted by atomic mass is 32.2. The molecule has 102 valence electrons. The maximum atomic E-state index is 12.2. The third-order valence-corrected chi connectivity index (χ3v) is 4.12. The lowest BCUT2D eigenvalue weighted by Gasteiger charge is -2.08. The maximum Gasteiger partial charge on any atom is 0.242 e. The molecule has 0 aliphatic carbocycles. The summed E-state index contributed by atoms with van der Waals surface area (Å²) < 4.78 is 32.0. The molecule has 1 aromatic heterocycles. The first kappa shape index (κ1) is 13.9. The van der Waals surface area contributed by atoms with Gasteiger partial charge in [0.1, 0.15) is 4.90 Å². The number of para-hydroxylation sites is 1. The highest BCUT2D eigenvalue weighted by molar-refractivity contribution is 7.89. The van der Waals surface area contributed by atoms with Gasteiger partial charge in [0, 0.05) is 24.7 Å². The lowest BCUT2D eigenvalue weighted by molar-refractivity contribution is 0.153. The molecule has 0 saturated heterocycles. The number of fused-ring (bicyclic) bond motifs is 1. The van der Waals surface area contributed by atoms with E-state index < -0.39 is 10.0 Å². The van der Waals surface area contributed by atoms with Gasteiger partial charge in [0.05, 0.1) is 12.1 Å². The van der Waals surface area contributed by atoms with E-state index in [1.807, 2.05) is 19.1 Å². The molecule has 19 heavy (non-hydrogen) atoms. The fraction of sp³-hybridized carbons (Fsp3) is 0.308. The van der Waals surface area contributed by atoms with Crippen molar-refractivity contribution < 1.29 is 13.2 Å². The minimum atomic E-state index is -3.56. The number of ether oxygens (including phenoxy) is 1. The lowest BCUT2D eigenvalue weighted by Crippen LogP contribution is -2.27. The van der Waals surface area contributed by atoms with Crippen LogP contribution >= 0.6 is 0 Å². The third kappa shape index (κ3) is 3.28. The second kappa shape index (κ2) is 6.10. The Bertz CT molecular complexity index is 650. The first-order valence-electron chi connectivity index (χ1n) is 6.06. The average molecular weight is 280 g/mol. The summed E-state index contributed by atoms with van der Waals surface area (Å²) in [5, 5.41) is 0.801. The monoisotopic (exact) mass is 280 g/mol. The van der Waals surface area contributed by atoms with Crippen molar-refractivity contribution in [2.24, 2.45) is 0 Å². The number of hydrogen-bond donors (Lipinski definition) is 1. The molecule has 6 heteroatoms. The third-order valence-electron chi connectivity index (χ3n) is 2.63. The molecule has 2 aromatic rings. The van der Waals surface area contributed by atoms with E-state index in [1.54, 1.807) is 24.4 Å². The SMILES string of the molecule is CCOCCNS(=O)(=O)c1cccc2cccnc12. The second-order valence-electron chi connectivity index (χ2n) is 3.93. The van der Waals surface area contributed by atoms with E-state index in [0.717, 1.165) is 5.39 Å². The predicted octanol–water partition coefficient (Wildman–Crippen LogP) is 1.55. The van der Waals surface area contributed by atoms with Gasteiger partial charge in [-0.25, -0.2) is 13.1 Å². The van der Waals surface area contributed by atoms with E-state index >= 15 is 0 Å². The van der Waals surface area contributed by atoms with E-state index in [4.69, 9.17) is 4.74 Å². The molecule has 1 N–H and O–H groups in total. The number of sulfonamides is 1. The number of rotatable bonds is 6. The van der Waals surface area contributed by atoms with E-state index in [9.17, 15) is 8.42 Å². The first-order valence-corrected chi connectivity index (χ1v) is 7.54. The number of hydrogen-bond acceptors (Lipinski definition) is 4. The summed E-state index contributed by atoms with van der Waals surface area (Å²) in [6.07, 6.45) is 1.58. The quantitative estimate of drug-likeness (QED) is 0.815. The molecule has 0 bridgehead atoms. The smallest absolute Gasteiger partial charge is 0.242 e. The van der Waals surface area contributed by atoms with Crippen LogP contribution in [0.15, 0.2) is 41.4 Å². The van der Waals surface area contributed by atoms with Crippen molar-refractivity contribution >= 4 is 20.9 Å². The van der Waals surface area contributed by atoms with Crippen molar-refractivity contribution in [1.82, 2.24) is 9.71 Å². The number of nitrogens with zero attached hydrogens (tertiary/aromatic N) is 1. The van der Waals surface area contributed by atoms with Crippen molar-refractivity contribution in [3.05, 3.63) is 36.5 Å². The predicted molar refractivity (Wildman–Crippen MR) is 73.4 cm³/mol. The van der Waals surface area contributed by atoms with Gasteiger partial charge in [0.15, 0.2) is 0 Å². The molecule has 0 radical (unpaired) electrons. The average Bonchev–Trinajstić information content (AvgIpc) is 2.43. The fourth-order valence-electron chi connectivity index (χ4n) is 1.76. The maximum absolute atomic E-state index is 12.2. The summed E-state index contributed by atoms with van der Waals surface area (Å²) >= 11 is 0. The number of benzene rings is 1.